The zero-order valence-corrected chi connectivity index (χ0v) is 10.2. The highest BCUT2D eigenvalue weighted by atomic mass is 35.5. The van der Waals surface area contributed by atoms with Gasteiger partial charge >= 0.3 is 0 Å². The van der Waals surface area contributed by atoms with Crippen LogP contribution in [0.15, 0.2) is 28.5 Å². The molecule has 0 bridgehead atoms. The Bertz CT molecular complexity index is 559. The van der Waals surface area contributed by atoms with E-state index in [2.05, 4.69) is 0 Å². The molecular weight excluding hydrogens is 248 g/mol. The van der Waals surface area contributed by atoms with Gasteiger partial charge in [-0.1, -0.05) is 17.7 Å². The molecule has 0 saturated heterocycles. The lowest BCUT2D eigenvalue weighted by Crippen LogP contribution is -1.99. The number of aliphatic hydroxyl groups is 1. The molecule has 0 aliphatic carbocycles. The Labute approximate surface area is 99.3 Å². The second kappa shape index (κ2) is 3.87. The van der Waals surface area contributed by atoms with Gasteiger partial charge in [-0.15, -0.1) is 0 Å². The number of halogens is 1. The highest BCUT2D eigenvalue weighted by Gasteiger charge is 2.27. The van der Waals surface area contributed by atoms with Gasteiger partial charge in [0.1, 0.15) is 0 Å². The Hall–Kier alpha value is -0.840. The van der Waals surface area contributed by atoms with Gasteiger partial charge in [-0.2, -0.15) is 0 Å². The zero-order chi connectivity index (χ0) is 11.9. The first-order valence-electron chi connectivity index (χ1n) is 4.84. The molecule has 1 aliphatic rings. The summed E-state index contributed by atoms with van der Waals surface area (Å²) in [5.41, 5.74) is 1.28. The summed E-state index contributed by atoms with van der Waals surface area (Å²) >= 11 is 5.77. The molecule has 1 N–H and O–H groups in total. The third kappa shape index (κ3) is 2.00. The molecule has 16 heavy (non-hydrogen) atoms. The fourth-order valence-electron chi connectivity index (χ4n) is 1.79. The normalized spacial score (nSPS) is 19.1. The molecule has 1 aromatic carbocycles. The van der Waals surface area contributed by atoms with Crippen LogP contribution in [-0.2, 0) is 9.84 Å². The van der Waals surface area contributed by atoms with E-state index in [0.29, 0.717) is 22.6 Å². The van der Waals surface area contributed by atoms with Gasteiger partial charge in [-0.05, 0) is 36.6 Å². The van der Waals surface area contributed by atoms with Gasteiger partial charge in [-0.3, -0.25) is 0 Å². The van der Waals surface area contributed by atoms with Crippen LogP contribution in [0.1, 0.15) is 18.9 Å². The van der Waals surface area contributed by atoms with Gasteiger partial charge in [0.15, 0.2) is 0 Å². The van der Waals surface area contributed by atoms with E-state index in [4.69, 9.17) is 11.6 Å². The maximum atomic E-state index is 11.8. The monoisotopic (exact) mass is 258 g/mol. The third-order valence-corrected chi connectivity index (χ3v) is 4.19. The predicted molar refractivity (Wildman–Crippen MR) is 62.9 cm³/mol. The Morgan fingerprint density at radius 3 is 2.75 bits per heavy atom. The number of sulfone groups is 1. The number of hydrogen-bond donors (Lipinski definition) is 1. The first-order valence-corrected chi connectivity index (χ1v) is 6.76. The summed E-state index contributed by atoms with van der Waals surface area (Å²) in [5.74, 6) is 0. The van der Waals surface area contributed by atoms with Crippen molar-refractivity contribution in [2.75, 3.05) is 0 Å². The largest absolute Gasteiger partial charge is 0.393 e. The lowest BCUT2D eigenvalue weighted by atomic mass is 10.0. The van der Waals surface area contributed by atoms with Gasteiger partial charge in [0.2, 0.25) is 9.84 Å². The summed E-state index contributed by atoms with van der Waals surface area (Å²) in [5, 5.41) is 10.9. The molecule has 1 aromatic rings. The smallest absolute Gasteiger partial charge is 0.200 e. The summed E-state index contributed by atoms with van der Waals surface area (Å²) in [7, 11) is -3.38. The van der Waals surface area contributed by atoms with Crippen molar-refractivity contribution in [1.29, 1.82) is 0 Å². The van der Waals surface area contributed by atoms with Gasteiger partial charge in [0.05, 0.1) is 11.0 Å². The van der Waals surface area contributed by atoms with E-state index < -0.39 is 15.9 Å². The van der Waals surface area contributed by atoms with Crippen molar-refractivity contribution >= 4 is 27.0 Å². The van der Waals surface area contributed by atoms with Crippen LogP contribution < -0.4 is 0 Å². The van der Waals surface area contributed by atoms with Crippen molar-refractivity contribution < 1.29 is 13.5 Å². The topological polar surface area (TPSA) is 54.4 Å². The van der Waals surface area contributed by atoms with Crippen molar-refractivity contribution in [2.24, 2.45) is 0 Å². The first kappa shape index (κ1) is 11.6. The van der Waals surface area contributed by atoms with Crippen LogP contribution in [0.2, 0.25) is 5.02 Å². The van der Waals surface area contributed by atoms with E-state index in [1.165, 1.54) is 11.5 Å². The highest BCUT2D eigenvalue weighted by Crippen LogP contribution is 2.37. The molecule has 1 unspecified atom stereocenters. The van der Waals surface area contributed by atoms with Gasteiger partial charge in [0, 0.05) is 10.4 Å². The maximum Gasteiger partial charge on any atom is 0.200 e. The Kier molecular flexibility index (Phi) is 2.82. The van der Waals surface area contributed by atoms with E-state index in [-0.39, 0.29) is 4.90 Å². The summed E-state index contributed by atoms with van der Waals surface area (Å²) in [6.07, 6.45) is -0.239. The van der Waals surface area contributed by atoms with E-state index in [1.54, 1.807) is 19.1 Å². The van der Waals surface area contributed by atoms with Gasteiger partial charge < -0.3 is 5.11 Å². The van der Waals surface area contributed by atoms with E-state index >= 15 is 0 Å². The fourth-order valence-corrected chi connectivity index (χ4v) is 3.55. The van der Waals surface area contributed by atoms with Gasteiger partial charge in [-0.25, -0.2) is 8.42 Å². The summed E-state index contributed by atoms with van der Waals surface area (Å²) < 4.78 is 23.6. The number of benzene rings is 1. The SMILES string of the molecule is CC(O)CC1=CS(=O)(=O)c2cc(Cl)ccc21. The molecule has 0 saturated carbocycles. The third-order valence-electron chi connectivity index (χ3n) is 2.41. The molecular formula is C11H11ClO3S. The molecule has 0 fully saturated rings. The summed E-state index contributed by atoms with van der Waals surface area (Å²) in [4.78, 5) is 0.232. The van der Waals surface area contributed by atoms with Crippen LogP contribution in [0.5, 0.6) is 0 Å². The summed E-state index contributed by atoms with van der Waals surface area (Å²) in [6.45, 7) is 1.63. The number of hydrogen-bond acceptors (Lipinski definition) is 3. The molecule has 5 heteroatoms. The molecule has 0 spiro atoms. The van der Waals surface area contributed by atoms with Crippen molar-refractivity contribution in [1.82, 2.24) is 0 Å². The van der Waals surface area contributed by atoms with Crippen LogP contribution in [0.3, 0.4) is 0 Å². The lowest BCUT2D eigenvalue weighted by Gasteiger charge is -2.06. The van der Waals surface area contributed by atoms with Crippen LogP contribution in [0, 0.1) is 0 Å². The fraction of sp³-hybridized carbons (Fsp3) is 0.273. The lowest BCUT2D eigenvalue weighted by molar-refractivity contribution is 0.201. The van der Waals surface area contributed by atoms with E-state index in [0.717, 1.165) is 0 Å². The van der Waals surface area contributed by atoms with Gasteiger partial charge in [0.25, 0.3) is 0 Å². The minimum absolute atomic E-state index is 0.232. The molecule has 1 aliphatic heterocycles. The minimum Gasteiger partial charge on any atom is -0.393 e. The number of aliphatic hydroxyl groups excluding tert-OH is 1. The van der Waals surface area contributed by atoms with Crippen LogP contribution >= 0.6 is 11.6 Å². The van der Waals surface area contributed by atoms with Crippen LogP contribution in [-0.4, -0.2) is 19.6 Å². The Balaban J connectivity index is 2.56. The van der Waals surface area contributed by atoms with Crippen molar-refractivity contribution in [2.45, 2.75) is 24.3 Å². The molecule has 0 radical (unpaired) electrons. The highest BCUT2D eigenvalue weighted by molar-refractivity contribution is 7.95. The van der Waals surface area contributed by atoms with Crippen molar-refractivity contribution in [3.05, 3.63) is 34.2 Å². The zero-order valence-electron chi connectivity index (χ0n) is 8.64. The molecule has 1 heterocycles. The van der Waals surface area contributed by atoms with E-state index in [1.807, 2.05) is 0 Å². The predicted octanol–water partition coefficient (Wildman–Crippen LogP) is 2.24. The average Bonchev–Trinajstić information content (AvgIpc) is 2.37. The van der Waals surface area contributed by atoms with E-state index in [9.17, 15) is 13.5 Å². The summed E-state index contributed by atoms with van der Waals surface area (Å²) in [6, 6.07) is 4.77. The molecule has 0 amide bonds. The minimum atomic E-state index is -3.38. The Morgan fingerprint density at radius 2 is 2.12 bits per heavy atom. The van der Waals surface area contributed by atoms with Crippen molar-refractivity contribution in [3.8, 4) is 0 Å². The molecule has 1 atom stereocenters. The maximum absolute atomic E-state index is 11.8. The van der Waals surface area contributed by atoms with Crippen molar-refractivity contribution in [3.63, 3.8) is 0 Å². The molecule has 2 rings (SSSR count). The van der Waals surface area contributed by atoms with Crippen LogP contribution in [0.4, 0.5) is 0 Å². The number of fused-ring (bicyclic) bond motifs is 1. The average molecular weight is 259 g/mol. The second-order valence-corrected chi connectivity index (χ2v) is 6.08. The molecule has 3 nitrogen and oxygen atoms in total. The van der Waals surface area contributed by atoms with Crippen LogP contribution in [0.25, 0.3) is 5.57 Å². The second-order valence-electron chi connectivity index (χ2n) is 3.88. The quantitative estimate of drug-likeness (QED) is 0.885. The number of rotatable bonds is 2. The molecule has 86 valence electrons. The first-order chi connectivity index (χ1) is 7.40. The Morgan fingerprint density at radius 1 is 1.44 bits per heavy atom. The standard InChI is InChI=1S/C11H11ClO3S/c1-7(13)4-8-6-16(14,15)11-5-9(12)2-3-10(8)11/h2-3,5-7,13H,4H2,1H3. The molecule has 0 aromatic heterocycles.